The lowest BCUT2D eigenvalue weighted by molar-refractivity contribution is -0.118. The summed E-state index contributed by atoms with van der Waals surface area (Å²) in [4.78, 5) is 14.5. The molecule has 2 aromatic rings. The molecule has 1 atom stereocenters. The summed E-state index contributed by atoms with van der Waals surface area (Å²) in [5.74, 6) is 0.645. The average molecular weight is 269 g/mol. The van der Waals surface area contributed by atoms with Crippen LogP contribution in [0.15, 0.2) is 36.5 Å². The van der Waals surface area contributed by atoms with Gasteiger partial charge in [0.2, 0.25) is 5.91 Å². The van der Waals surface area contributed by atoms with E-state index in [9.17, 15) is 4.79 Å². The predicted molar refractivity (Wildman–Crippen MR) is 78.7 cm³/mol. The molecule has 3 rings (SSSR count). The summed E-state index contributed by atoms with van der Waals surface area (Å²) in [6.45, 7) is 3.04. The van der Waals surface area contributed by atoms with Gasteiger partial charge in [-0.15, -0.1) is 0 Å². The SMILES string of the molecule is C[C@@H]1CCCN(C(=O)Cc2ccn[nH]2)c2ccccc21. The number of hydrogen-bond donors (Lipinski definition) is 1. The quantitative estimate of drug-likeness (QED) is 0.911. The Labute approximate surface area is 118 Å². The molecule has 0 fully saturated rings. The van der Waals surface area contributed by atoms with E-state index in [-0.39, 0.29) is 5.91 Å². The Hall–Kier alpha value is -2.10. The minimum atomic E-state index is 0.135. The van der Waals surface area contributed by atoms with Crippen LogP contribution in [0.2, 0.25) is 0 Å². The average Bonchev–Trinajstić information content (AvgIpc) is 2.90. The molecule has 104 valence electrons. The van der Waals surface area contributed by atoms with E-state index < -0.39 is 0 Å². The molecule has 2 heterocycles. The number of nitrogens with one attached hydrogen (secondary N) is 1. The summed E-state index contributed by atoms with van der Waals surface area (Å²) >= 11 is 0. The van der Waals surface area contributed by atoms with Crippen molar-refractivity contribution in [2.45, 2.75) is 32.1 Å². The Morgan fingerprint density at radius 1 is 1.40 bits per heavy atom. The third-order valence-corrected chi connectivity index (χ3v) is 3.98. The number of H-pyrrole nitrogens is 1. The minimum absolute atomic E-state index is 0.135. The van der Waals surface area contributed by atoms with Crippen molar-refractivity contribution in [3.05, 3.63) is 47.8 Å². The number of fused-ring (bicyclic) bond motifs is 1. The van der Waals surface area contributed by atoms with Crippen molar-refractivity contribution in [1.29, 1.82) is 0 Å². The van der Waals surface area contributed by atoms with Crippen LogP contribution in [0.3, 0.4) is 0 Å². The fourth-order valence-corrected chi connectivity index (χ4v) is 2.88. The predicted octanol–water partition coefficient (Wildman–Crippen LogP) is 2.88. The molecule has 0 aliphatic carbocycles. The number of aromatic nitrogens is 2. The highest BCUT2D eigenvalue weighted by Gasteiger charge is 2.24. The molecule has 0 unspecified atom stereocenters. The van der Waals surface area contributed by atoms with Gasteiger partial charge in [0.05, 0.1) is 6.42 Å². The van der Waals surface area contributed by atoms with Gasteiger partial charge >= 0.3 is 0 Å². The van der Waals surface area contributed by atoms with Crippen LogP contribution in [0.25, 0.3) is 0 Å². The first-order chi connectivity index (χ1) is 9.75. The van der Waals surface area contributed by atoms with E-state index in [0.717, 1.165) is 30.8 Å². The first-order valence-corrected chi connectivity index (χ1v) is 7.13. The van der Waals surface area contributed by atoms with Crippen molar-refractivity contribution >= 4 is 11.6 Å². The molecule has 1 aromatic heterocycles. The number of para-hydroxylation sites is 1. The Morgan fingerprint density at radius 3 is 3.05 bits per heavy atom. The molecule has 0 saturated carbocycles. The molecule has 0 radical (unpaired) electrons. The second kappa shape index (κ2) is 5.49. The molecular formula is C16H19N3O. The van der Waals surface area contributed by atoms with E-state index >= 15 is 0 Å². The van der Waals surface area contributed by atoms with Crippen molar-refractivity contribution in [3.63, 3.8) is 0 Å². The Kier molecular flexibility index (Phi) is 3.54. The maximum absolute atomic E-state index is 12.6. The normalized spacial score (nSPS) is 18.4. The molecule has 0 spiro atoms. The molecule has 1 aliphatic rings. The van der Waals surface area contributed by atoms with Crippen LogP contribution in [-0.2, 0) is 11.2 Å². The van der Waals surface area contributed by atoms with Gasteiger partial charge in [-0.2, -0.15) is 5.10 Å². The van der Waals surface area contributed by atoms with Crippen LogP contribution in [0.4, 0.5) is 5.69 Å². The lowest BCUT2D eigenvalue weighted by Crippen LogP contribution is -2.33. The summed E-state index contributed by atoms with van der Waals surface area (Å²) < 4.78 is 0. The summed E-state index contributed by atoms with van der Waals surface area (Å²) in [5.41, 5.74) is 3.22. The monoisotopic (exact) mass is 269 g/mol. The Balaban J connectivity index is 1.89. The van der Waals surface area contributed by atoms with E-state index in [2.05, 4.69) is 35.3 Å². The topological polar surface area (TPSA) is 49.0 Å². The highest BCUT2D eigenvalue weighted by Crippen LogP contribution is 2.34. The van der Waals surface area contributed by atoms with Crippen LogP contribution in [0.5, 0.6) is 0 Å². The first-order valence-electron chi connectivity index (χ1n) is 7.13. The molecular weight excluding hydrogens is 250 g/mol. The summed E-state index contributed by atoms with van der Waals surface area (Å²) in [7, 11) is 0. The van der Waals surface area contributed by atoms with Gasteiger partial charge in [0.15, 0.2) is 0 Å². The maximum atomic E-state index is 12.6. The number of amides is 1. The lowest BCUT2D eigenvalue weighted by Gasteiger charge is -2.23. The second-order valence-electron chi connectivity index (χ2n) is 5.41. The number of benzene rings is 1. The second-order valence-corrected chi connectivity index (χ2v) is 5.41. The van der Waals surface area contributed by atoms with E-state index in [1.165, 1.54) is 5.56 Å². The summed E-state index contributed by atoms with van der Waals surface area (Å²) in [6.07, 6.45) is 4.24. The van der Waals surface area contributed by atoms with Gasteiger partial charge in [0, 0.05) is 24.1 Å². The van der Waals surface area contributed by atoms with Gasteiger partial charge in [-0.3, -0.25) is 9.89 Å². The van der Waals surface area contributed by atoms with Crippen molar-refractivity contribution in [1.82, 2.24) is 10.2 Å². The van der Waals surface area contributed by atoms with Crippen LogP contribution in [0.1, 0.15) is 36.9 Å². The number of aromatic amines is 1. The number of rotatable bonds is 2. The van der Waals surface area contributed by atoms with Gasteiger partial charge in [-0.1, -0.05) is 25.1 Å². The van der Waals surface area contributed by atoms with Crippen molar-refractivity contribution in [3.8, 4) is 0 Å². The first kappa shape index (κ1) is 12.9. The van der Waals surface area contributed by atoms with Crippen molar-refractivity contribution in [2.24, 2.45) is 0 Å². The molecule has 0 saturated heterocycles. The molecule has 4 nitrogen and oxygen atoms in total. The molecule has 1 aliphatic heterocycles. The van der Waals surface area contributed by atoms with Crippen LogP contribution >= 0.6 is 0 Å². The van der Waals surface area contributed by atoms with E-state index in [1.54, 1.807) is 6.20 Å². The van der Waals surface area contributed by atoms with E-state index in [0.29, 0.717) is 12.3 Å². The smallest absolute Gasteiger partial charge is 0.232 e. The zero-order chi connectivity index (χ0) is 13.9. The Bertz CT molecular complexity index is 592. The van der Waals surface area contributed by atoms with Gasteiger partial charge in [0.25, 0.3) is 0 Å². The molecule has 20 heavy (non-hydrogen) atoms. The fraction of sp³-hybridized carbons (Fsp3) is 0.375. The largest absolute Gasteiger partial charge is 0.312 e. The number of anilines is 1. The van der Waals surface area contributed by atoms with Gasteiger partial charge in [0.1, 0.15) is 0 Å². The molecule has 1 amide bonds. The third-order valence-electron chi connectivity index (χ3n) is 3.98. The summed E-state index contributed by atoms with van der Waals surface area (Å²) in [5, 5.41) is 6.76. The lowest BCUT2D eigenvalue weighted by atomic mass is 9.96. The molecule has 1 N–H and O–H groups in total. The van der Waals surface area contributed by atoms with Gasteiger partial charge in [-0.05, 0) is 36.5 Å². The third kappa shape index (κ3) is 2.46. The van der Waals surface area contributed by atoms with Crippen LogP contribution < -0.4 is 4.90 Å². The zero-order valence-electron chi connectivity index (χ0n) is 11.7. The highest BCUT2D eigenvalue weighted by molar-refractivity contribution is 5.95. The maximum Gasteiger partial charge on any atom is 0.232 e. The van der Waals surface area contributed by atoms with Crippen molar-refractivity contribution in [2.75, 3.05) is 11.4 Å². The van der Waals surface area contributed by atoms with Gasteiger partial charge in [-0.25, -0.2) is 0 Å². The Morgan fingerprint density at radius 2 is 2.25 bits per heavy atom. The summed E-state index contributed by atoms with van der Waals surface area (Å²) in [6, 6.07) is 10.1. The number of nitrogens with zero attached hydrogens (tertiary/aromatic N) is 2. The fourth-order valence-electron chi connectivity index (χ4n) is 2.88. The number of carbonyl (C=O) groups is 1. The standard InChI is InChI=1S/C16H19N3O/c1-12-5-4-10-19(15-7-3-2-6-14(12)15)16(20)11-13-8-9-17-18-13/h2-3,6-9,12H,4-5,10-11H2,1H3,(H,17,18)/t12-/m1/s1. The van der Waals surface area contributed by atoms with Crippen LogP contribution in [-0.4, -0.2) is 22.6 Å². The van der Waals surface area contributed by atoms with Crippen molar-refractivity contribution < 1.29 is 4.79 Å². The van der Waals surface area contributed by atoms with E-state index in [4.69, 9.17) is 0 Å². The molecule has 1 aromatic carbocycles. The zero-order valence-corrected chi connectivity index (χ0v) is 11.7. The minimum Gasteiger partial charge on any atom is -0.312 e. The number of carbonyl (C=O) groups excluding carboxylic acids is 1. The van der Waals surface area contributed by atoms with Gasteiger partial charge < -0.3 is 4.90 Å². The molecule has 4 heteroatoms. The highest BCUT2D eigenvalue weighted by atomic mass is 16.2. The van der Waals surface area contributed by atoms with Crippen LogP contribution in [0, 0.1) is 0 Å². The van der Waals surface area contributed by atoms with E-state index in [1.807, 2.05) is 17.0 Å². The molecule has 0 bridgehead atoms. The number of hydrogen-bond acceptors (Lipinski definition) is 2.